The molecule has 0 fully saturated rings. The average molecular weight is 401 g/mol. The lowest BCUT2D eigenvalue weighted by Gasteiger charge is -2.26. The van der Waals surface area contributed by atoms with Gasteiger partial charge in [-0.2, -0.15) is 0 Å². The van der Waals surface area contributed by atoms with Crippen LogP contribution in [0.5, 0.6) is 0 Å². The molecule has 0 atom stereocenters. The highest BCUT2D eigenvalue weighted by Crippen LogP contribution is 2.35. The molecule has 156 valence electrons. The highest BCUT2D eigenvalue weighted by molar-refractivity contribution is 6.01. The molecule has 2 aromatic rings. The number of carbonyl (C=O) groups is 3. The molecule has 0 aliphatic heterocycles. The van der Waals surface area contributed by atoms with E-state index in [9.17, 15) is 14.4 Å². The zero-order chi connectivity index (χ0) is 21.8. The fraction of sp³-hybridized carbons (Fsp3) is 0.409. The monoisotopic (exact) mass is 401 g/mol. The van der Waals surface area contributed by atoms with Gasteiger partial charge in [0.2, 0.25) is 0 Å². The lowest BCUT2D eigenvalue weighted by atomic mass is 9.78. The van der Waals surface area contributed by atoms with E-state index in [0.29, 0.717) is 11.1 Å². The number of ether oxygens (including phenoxy) is 3. The first-order valence-corrected chi connectivity index (χ1v) is 9.19. The van der Waals surface area contributed by atoms with Crippen molar-refractivity contribution in [1.82, 2.24) is 4.57 Å². The fourth-order valence-electron chi connectivity index (χ4n) is 3.28. The van der Waals surface area contributed by atoms with E-state index in [1.165, 1.54) is 24.9 Å². The number of fused-ring (bicyclic) bond motifs is 1. The van der Waals surface area contributed by atoms with Gasteiger partial charge in [-0.1, -0.05) is 24.3 Å². The molecule has 0 aliphatic rings. The molecule has 0 saturated heterocycles. The molecule has 2 rings (SSSR count). The molecule has 0 bridgehead atoms. The number of hydrogen-bond acceptors (Lipinski definition) is 6. The second kappa shape index (κ2) is 8.51. The number of nitrogens with zero attached hydrogens (tertiary/aromatic N) is 1. The smallest absolute Gasteiger partial charge is 0.419 e. The molecule has 7 heteroatoms. The molecule has 1 heterocycles. The van der Waals surface area contributed by atoms with Crippen LogP contribution in [0.15, 0.2) is 43.1 Å². The van der Waals surface area contributed by atoms with Crippen LogP contribution in [0, 0.1) is 5.41 Å². The topological polar surface area (TPSA) is 83.8 Å². The van der Waals surface area contributed by atoms with E-state index in [1.807, 2.05) is 12.1 Å². The summed E-state index contributed by atoms with van der Waals surface area (Å²) in [4.78, 5) is 37.9. The SMILES string of the molecule is C=CCC(Cc1cn(C(=O)OC(C)(C)C)c2ccccc12)(C(=O)OC)C(=O)OC. The maximum absolute atomic E-state index is 12.7. The standard InChI is InChI=1S/C22H27NO6/c1-7-12-22(18(24)27-5,19(25)28-6)13-15-14-23(20(26)29-21(2,3)4)17-11-9-8-10-16(15)17/h7-11,14H,1,12-13H2,2-6H3. The minimum atomic E-state index is -1.60. The lowest BCUT2D eigenvalue weighted by molar-refractivity contribution is -0.168. The Kier molecular flexibility index (Phi) is 6.51. The normalized spacial score (nSPS) is 11.8. The van der Waals surface area contributed by atoms with E-state index in [1.54, 1.807) is 39.1 Å². The first-order chi connectivity index (χ1) is 13.6. The molecular weight excluding hydrogens is 374 g/mol. The van der Waals surface area contributed by atoms with Gasteiger partial charge in [0.05, 0.1) is 19.7 Å². The highest BCUT2D eigenvalue weighted by atomic mass is 16.6. The Labute approximate surface area is 170 Å². The number of rotatable bonds is 6. The Morgan fingerprint density at radius 3 is 2.17 bits per heavy atom. The van der Waals surface area contributed by atoms with Crippen molar-refractivity contribution >= 4 is 28.9 Å². The number of hydrogen-bond donors (Lipinski definition) is 0. The van der Waals surface area contributed by atoms with Crippen LogP contribution in [0.1, 0.15) is 32.8 Å². The Morgan fingerprint density at radius 2 is 1.66 bits per heavy atom. The molecule has 1 aromatic carbocycles. The van der Waals surface area contributed by atoms with Gasteiger partial charge < -0.3 is 14.2 Å². The fourth-order valence-corrected chi connectivity index (χ4v) is 3.28. The second-order valence-electron chi connectivity index (χ2n) is 7.76. The van der Waals surface area contributed by atoms with Crippen LogP contribution in [0.2, 0.25) is 0 Å². The molecule has 0 unspecified atom stereocenters. The summed E-state index contributed by atoms with van der Waals surface area (Å²) in [6, 6.07) is 7.20. The minimum absolute atomic E-state index is 0.0192. The molecule has 0 saturated carbocycles. The molecule has 7 nitrogen and oxygen atoms in total. The first-order valence-electron chi connectivity index (χ1n) is 9.19. The third-order valence-corrected chi connectivity index (χ3v) is 4.52. The van der Waals surface area contributed by atoms with Crippen LogP contribution in [0.25, 0.3) is 10.9 Å². The highest BCUT2D eigenvalue weighted by Gasteiger charge is 2.48. The summed E-state index contributed by atoms with van der Waals surface area (Å²) < 4.78 is 16.7. The summed E-state index contributed by atoms with van der Waals surface area (Å²) in [5.41, 5.74) is -1.05. The number of esters is 2. The van der Waals surface area contributed by atoms with Gasteiger partial charge in [-0.25, -0.2) is 4.79 Å². The van der Waals surface area contributed by atoms with Crippen LogP contribution < -0.4 is 0 Å². The second-order valence-corrected chi connectivity index (χ2v) is 7.76. The minimum Gasteiger partial charge on any atom is -0.468 e. The van der Waals surface area contributed by atoms with Gasteiger partial charge in [-0.3, -0.25) is 14.2 Å². The van der Waals surface area contributed by atoms with E-state index in [2.05, 4.69) is 6.58 Å². The number of methoxy groups -OCH3 is 2. The van der Waals surface area contributed by atoms with Gasteiger partial charge in [-0.15, -0.1) is 6.58 Å². The number of carbonyl (C=O) groups excluding carboxylic acids is 3. The van der Waals surface area contributed by atoms with Crippen molar-refractivity contribution in [3.05, 3.63) is 48.7 Å². The number of aromatic nitrogens is 1. The number of benzene rings is 1. The zero-order valence-electron chi connectivity index (χ0n) is 17.5. The van der Waals surface area contributed by atoms with Crippen LogP contribution in [-0.4, -0.2) is 42.4 Å². The van der Waals surface area contributed by atoms with E-state index >= 15 is 0 Å². The van der Waals surface area contributed by atoms with Gasteiger partial charge in [0.15, 0.2) is 5.41 Å². The summed E-state index contributed by atoms with van der Waals surface area (Å²) in [7, 11) is 2.43. The quantitative estimate of drug-likeness (QED) is 0.316. The Hall–Kier alpha value is -3.09. The molecule has 0 amide bonds. The summed E-state index contributed by atoms with van der Waals surface area (Å²) >= 11 is 0. The van der Waals surface area contributed by atoms with E-state index in [-0.39, 0.29) is 12.8 Å². The average Bonchev–Trinajstić information content (AvgIpc) is 3.03. The van der Waals surface area contributed by atoms with Crippen molar-refractivity contribution in [1.29, 1.82) is 0 Å². The van der Waals surface area contributed by atoms with Gasteiger partial charge in [0, 0.05) is 18.0 Å². The molecule has 0 spiro atoms. The maximum atomic E-state index is 12.7. The molecular formula is C22H27NO6. The Balaban J connectivity index is 2.62. The van der Waals surface area contributed by atoms with Crippen LogP contribution in [0.3, 0.4) is 0 Å². The van der Waals surface area contributed by atoms with Crippen molar-refractivity contribution in [2.75, 3.05) is 14.2 Å². The van der Waals surface area contributed by atoms with Crippen molar-refractivity contribution in [3.63, 3.8) is 0 Å². The Morgan fingerprint density at radius 1 is 1.07 bits per heavy atom. The first kappa shape index (κ1) is 22.2. The summed E-state index contributed by atoms with van der Waals surface area (Å²) in [5.74, 6) is -1.45. The van der Waals surface area contributed by atoms with Crippen molar-refractivity contribution in [2.24, 2.45) is 5.41 Å². The van der Waals surface area contributed by atoms with Gasteiger partial charge in [0.1, 0.15) is 5.60 Å². The van der Waals surface area contributed by atoms with Crippen LogP contribution in [-0.2, 0) is 30.2 Å². The third kappa shape index (κ3) is 4.50. The van der Waals surface area contributed by atoms with Crippen molar-refractivity contribution in [3.8, 4) is 0 Å². The third-order valence-electron chi connectivity index (χ3n) is 4.52. The molecule has 0 N–H and O–H groups in total. The van der Waals surface area contributed by atoms with E-state index < -0.39 is 29.0 Å². The summed E-state index contributed by atoms with van der Waals surface area (Å²) in [6.45, 7) is 9.00. The van der Waals surface area contributed by atoms with Crippen molar-refractivity contribution in [2.45, 2.75) is 39.2 Å². The van der Waals surface area contributed by atoms with E-state index in [4.69, 9.17) is 14.2 Å². The summed E-state index contributed by atoms with van der Waals surface area (Å²) in [6.07, 6.45) is 2.52. The number of allylic oxidation sites excluding steroid dienone is 1. The molecule has 29 heavy (non-hydrogen) atoms. The van der Waals surface area contributed by atoms with Crippen LogP contribution in [0.4, 0.5) is 4.79 Å². The van der Waals surface area contributed by atoms with Gasteiger partial charge >= 0.3 is 18.0 Å². The maximum Gasteiger partial charge on any atom is 0.419 e. The predicted molar refractivity (Wildman–Crippen MR) is 109 cm³/mol. The lowest BCUT2D eigenvalue weighted by Crippen LogP contribution is -2.42. The molecule has 0 aliphatic carbocycles. The predicted octanol–water partition coefficient (Wildman–Crippen LogP) is 3.88. The molecule has 1 aromatic heterocycles. The van der Waals surface area contributed by atoms with Gasteiger partial charge in [-0.05, 0) is 38.8 Å². The van der Waals surface area contributed by atoms with Crippen LogP contribution >= 0.6 is 0 Å². The largest absolute Gasteiger partial charge is 0.468 e. The molecule has 0 radical (unpaired) electrons. The summed E-state index contributed by atoms with van der Waals surface area (Å²) in [5, 5.41) is 0.722. The van der Waals surface area contributed by atoms with Gasteiger partial charge in [0.25, 0.3) is 0 Å². The van der Waals surface area contributed by atoms with Crippen molar-refractivity contribution < 1.29 is 28.6 Å². The Bertz CT molecular complexity index is 918. The number of para-hydroxylation sites is 1. The van der Waals surface area contributed by atoms with E-state index in [0.717, 1.165) is 5.39 Å². The zero-order valence-corrected chi connectivity index (χ0v) is 17.5.